The number of imide groups is 1. The van der Waals surface area contributed by atoms with Crippen molar-refractivity contribution in [2.24, 2.45) is 0 Å². The smallest absolute Gasteiger partial charge is 0.293 e. The minimum atomic E-state index is -0.668. The van der Waals surface area contributed by atoms with Crippen molar-refractivity contribution in [3.05, 3.63) is 64.6 Å². The molecule has 0 unspecified atom stereocenters. The van der Waals surface area contributed by atoms with E-state index in [-0.39, 0.29) is 23.4 Å². The molecule has 1 aliphatic heterocycles. The van der Waals surface area contributed by atoms with Crippen LogP contribution in [0, 0.1) is 0 Å². The molecule has 0 N–H and O–H groups in total. The Bertz CT molecular complexity index is 761. The van der Waals surface area contributed by atoms with Crippen LogP contribution < -0.4 is 4.90 Å². The molecule has 1 fully saturated rings. The van der Waals surface area contributed by atoms with Crippen molar-refractivity contribution in [3.63, 3.8) is 0 Å². The summed E-state index contributed by atoms with van der Waals surface area (Å²) in [5.41, 5.74) is 1.07. The molecule has 1 aliphatic rings. The van der Waals surface area contributed by atoms with Crippen LogP contribution in [-0.4, -0.2) is 22.2 Å². The number of hydrogen-bond donors (Lipinski definition) is 0. The number of para-hydroxylation sites is 1. The van der Waals surface area contributed by atoms with Gasteiger partial charge in [-0.15, -0.1) is 0 Å². The summed E-state index contributed by atoms with van der Waals surface area (Å²) in [6, 6.07) is 15.7. The molecule has 2 amide bonds. The van der Waals surface area contributed by atoms with E-state index in [9.17, 15) is 14.4 Å². The van der Waals surface area contributed by atoms with Crippen LogP contribution in [0.25, 0.3) is 0 Å². The Labute approximate surface area is 146 Å². The SMILES string of the molecule is O=C(C[C@@H]1SC(=O)N(c2ccccc2)C1=O)c1ccc(Br)cc1. The topological polar surface area (TPSA) is 54.5 Å². The third-order valence-corrected chi connectivity index (χ3v) is 5.04. The van der Waals surface area contributed by atoms with Crippen molar-refractivity contribution in [3.8, 4) is 0 Å². The zero-order chi connectivity index (χ0) is 16.4. The lowest BCUT2D eigenvalue weighted by atomic mass is 10.1. The highest BCUT2D eigenvalue weighted by Gasteiger charge is 2.41. The van der Waals surface area contributed by atoms with E-state index in [1.54, 1.807) is 48.5 Å². The second-order valence-electron chi connectivity index (χ2n) is 5.02. The number of halogens is 1. The Morgan fingerprint density at radius 1 is 1.04 bits per heavy atom. The van der Waals surface area contributed by atoms with Gasteiger partial charge < -0.3 is 0 Å². The molecule has 3 rings (SSSR count). The van der Waals surface area contributed by atoms with E-state index in [0.29, 0.717) is 11.3 Å². The Morgan fingerprint density at radius 2 is 1.70 bits per heavy atom. The third-order valence-electron chi connectivity index (χ3n) is 3.47. The number of carbonyl (C=O) groups excluding carboxylic acids is 3. The maximum Gasteiger partial charge on any atom is 0.293 e. The lowest BCUT2D eigenvalue weighted by molar-refractivity contribution is -0.117. The highest BCUT2D eigenvalue weighted by atomic mass is 79.9. The van der Waals surface area contributed by atoms with Crippen LogP contribution in [0.4, 0.5) is 10.5 Å². The second kappa shape index (κ2) is 6.68. The van der Waals surface area contributed by atoms with Crippen LogP contribution in [0.3, 0.4) is 0 Å². The first-order chi connectivity index (χ1) is 11.1. The maximum absolute atomic E-state index is 12.5. The van der Waals surface area contributed by atoms with Crippen LogP contribution in [0.15, 0.2) is 59.1 Å². The van der Waals surface area contributed by atoms with E-state index >= 15 is 0 Å². The maximum atomic E-state index is 12.5. The average Bonchev–Trinajstić information content (AvgIpc) is 2.82. The fourth-order valence-electron chi connectivity index (χ4n) is 2.32. The first-order valence-electron chi connectivity index (χ1n) is 6.94. The molecule has 6 heteroatoms. The summed E-state index contributed by atoms with van der Waals surface area (Å²) in [6.07, 6.45) is 0.0141. The molecule has 0 aliphatic carbocycles. The number of amides is 2. The summed E-state index contributed by atoms with van der Waals surface area (Å²) in [6.45, 7) is 0. The van der Waals surface area contributed by atoms with Gasteiger partial charge in [0.1, 0.15) is 5.25 Å². The number of anilines is 1. The van der Waals surface area contributed by atoms with Crippen molar-refractivity contribution < 1.29 is 14.4 Å². The van der Waals surface area contributed by atoms with Gasteiger partial charge in [-0.05, 0) is 24.3 Å². The van der Waals surface area contributed by atoms with E-state index in [4.69, 9.17) is 0 Å². The van der Waals surface area contributed by atoms with Crippen molar-refractivity contribution in [1.29, 1.82) is 0 Å². The molecule has 4 nitrogen and oxygen atoms in total. The van der Waals surface area contributed by atoms with Crippen LogP contribution >= 0.6 is 27.7 Å². The Balaban J connectivity index is 1.75. The molecular formula is C17H12BrNO3S. The first kappa shape index (κ1) is 16.0. The number of ketones is 1. The van der Waals surface area contributed by atoms with E-state index in [2.05, 4.69) is 15.9 Å². The Hall–Kier alpha value is -1.92. The van der Waals surface area contributed by atoms with Crippen molar-refractivity contribution in [2.45, 2.75) is 11.7 Å². The molecular weight excluding hydrogens is 378 g/mol. The molecule has 1 atom stereocenters. The fourth-order valence-corrected chi connectivity index (χ4v) is 3.57. The van der Waals surface area contributed by atoms with Gasteiger partial charge in [0, 0.05) is 16.5 Å². The number of Topliss-reactive ketones (excluding diaryl/α,β-unsaturated/α-hetero) is 1. The normalized spacial score (nSPS) is 17.6. The van der Waals surface area contributed by atoms with Crippen LogP contribution in [0.5, 0.6) is 0 Å². The number of carbonyl (C=O) groups is 3. The van der Waals surface area contributed by atoms with Gasteiger partial charge in [0.15, 0.2) is 5.78 Å². The van der Waals surface area contributed by atoms with Gasteiger partial charge in [0.25, 0.3) is 5.24 Å². The molecule has 116 valence electrons. The van der Waals surface area contributed by atoms with Gasteiger partial charge in [-0.25, -0.2) is 4.90 Å². The van der Waals surface area contributed by atoms with Crippen molar-refractivity contribution in [2.75, 3.05) is 4.90 Å². The van der Waals surface area contributed by atoms with Gasteiger partial charge in [0.05, 0.1) is 5.69 Å². The Kier molecular flexibility index (Phi) is 4.63. The van der Waals surface area contributed by atoms with Gasteiger partial charge >= 0.3 is 0 Å². The van der Waals surface area contributed by atoms with Crippen molar-refractivity contribution in [1.82, 2.24) is 0 Å². The lowest BCUT2D eigenvalue weighted by Crippen LogP contribution is -2.32. The van der Waals surface area contributed by atoms with E-state index in [1.807, 2.05) is 6.07 Å². The van der Waals surface area contributed by atoms with Crippen molar-refractivity contribution >= 4 is 50.3 Å². The van der Waals surface area contributed by atoms with Crippen LogP contribution in [0.1, 0.15) is 16.8 Å². The van der Waals surface area contributed by atoms with Gasteiger partial charge in [-0.1, -0.05) is 58.0 Å². The zero-order valence-corrected chi connectivity index (χ0v) is 14.3. The predicted molar refractivity (Wildman–Crippen MR) is 93.8 cm³/mol. The molecule has 0 bridgehead atoms. The summed E-state index contributed by atoms with van der Waals surface area (Å²) >= 11 is 4.22. The monoisotopic (exact) mass is 389 g/mol. The minimum Gasteiger partial charge on any atom is -0.294 e. The second-order valence-corrected chi connectivity index (χ2v) is 7.09. The molecule has 0 spiro atoms. The highest BCUT2D eigenvalue weighted by molar-refractivity contribution is 9.10. The molecule has 1 saturated heterocycles. The molecule has 0 aromatic heterocycles. The van der Waals surface area contributed by atoms with E-state index < -0.39 is 5.25 Å². The zero-order valence-electron chi connectivity index (χ0n) is 11.9. The van der Waals surface area contributed by atoms with Gasteiger partial charge in [-0.3, -0.25) is 14.4 Å². The average molecular weight is 390 g/mol. The summed E-state index contributed by atoms with van der Waals surface area (Å²) in [7, 11) is 0. The Morgan fingerprint density at radius 3 is 2.35 bits per heavy atom. The molecule has 23 heavy (non-hydrogen) atoms. The highest BCUT2D eigenvalue weighted by Crippen LogP contribution is 2.33. The summed E-state index contributed by atoms with van der Waals surface area (Å²) in [5, 5.41) is -1.01. The summed E-state index contributed by atoms with van der Waals surface area (Å²) in [4.78, 5) is 38.0. The number of thioether (sulfide) groups is 1. The molecule has 2 aromatic carbocycles. The van der Waals surface area contributed by atoms with Crippen LogP contribution in [0.2, 0.25) is 0 Å². The number of benzene rings is 2. The first-order valence-corrected chi connectivity index (χ1v) is 8.62. The van der Waals surface area contributed by atoms with E-state index in [0.717, 1.165) is 21.1 Å². The fraction of sp³-hybridized carbons (Fsp3) is 0.118. The number of nitrogens with zero attached hydrogens (tertiary/aromatic N) is 1. The predicted octanol–water partition coefficient (Wildman–Crippen LogP) is 4.29. The molecule has 1 heterocycles. The summed E-state index contributed by atoms with van der Waals surface area (Å²) in [5.74, 6) is -0.484. The van der Waals surface area contributed by atoms with E-state index in [1.165, 1.54) is 0 Å². The standard InChI is InChI=1S/C17H12BrNO3S/c18-12-8-6-11(7-9-12)14(20)10-15-16(21)19(17(22)23-15)13-4-2-1-3-5-13/h1-9,15H,10H2/t15-/m0/s1. The molecule has 0 saturated carbocycles. The van der Waals surface area contributed by atoms with Gasteiger partial charge in [-0.2, -0.15) is 0 Å². The van der Waals surface area contributed by atoms with Crippen LogP contribution in [-0.2, 0) is 4.79 Å². The quantitative estimate of drug-likeness (QED) is 0.731. The molecule has 2 aromatic rings. The third kappa shape index (κ3) is 3.38. The number of hydrogen-bond acceptors (Lipinski definition) is 4. The number of rotatable bonds is 4. The summed E-state index contributed by atoms with van der Waals surface area (Å²) < 4.78 is 0.880. The van der Waals surface area contributed by atoms with Gasteiger partial charge in [0.2, 0.25) is 5.91 Å². The largest absolute Gasteiger partial charge is 0.294 e. The lowest BCUT2D eigenvalue weighted by Gasteiger charge is -2.13. The minimum absolute atomic E-state index is 0.0141. The molecule has 0 radical (unpaired) electrons.